The molecule has 0 N–H and O–H groups in total. The van der Waals surface area contributed by atoms with Crippen LogP contribution in [0.15, 0.2) is 41.6 Å². The maximum atomic E-state index is 13.2. The molecule has 0 saturated carbocycles. The van der Waals surface area contributed by atoms with E-state index >= 15 is 0 Å². The fraction of sp³-hybridized carbons (Fsp3) is 0.571. The fourth-order valence-corrected chi connectivity index (χ4v) is 5.97. The summed E-state index contributed by atoms with van der Waals surface area (Å²) < 4.78 is 25.7. The van der Waals surface area contributed by atoms with E-state index in [4.69, 9.17) is 9.47 Å². The minimum Gasteiger partial charge on any atom is -0.491 e. The van der Waals surface area contributed by atoms with Crippen molar-refractivity contribution in [3.63, 3.8) is 0 Å². The van der Waals surface area contributed by atoms with E-state index in [0.717, 1.165) is 60.7 Å². The number of anilines is 1. The molecule has 1 saturated heterocycles. The molecule has 1 amide bonds. The molecule has 1 atom stereocenters. The van der Waals surface area contributed by atoms with Gasteiger partial charge in [-0.05, 0) is 74.4 Å². The quantitative estimate of drug-likeness (QED) is 0.367. The Morgan fingerprint density at radius 3 is 2.35 bits per heavy atom. The van der Waals surface area contributed by atoms with Crippen molar-refractivity contribution in [1.82, 2.24) is 14.2 Å². The average Bonchev–Trinajstić information content (AvgIpc) is 2.90. The lowest BCUT2D eigenvalue weighted by Gasteiger charge is -2.34. The van der Waals surface area contributed by atoms with E-state index in [0.29, 0.717) is 32.1 Å². The van der Waals surface area contributed by atoms with Crippen molar-refractivity contribution >= 4 is 22.6 Å². The number of aromatic nitrogens is 1. The lowest BCUT2D eigenvalue weighted by Crippen LogP contribution is -2.36. The number of amides is 1. The van der Waals surface area contributed by atoms with E-state index in [9.17, 15) is 9.00 Å². The van der Waals surface area contributed by atoms with Gasteiger partial charge in [-0.15, -0.1) is 0 Å². The second-order valence-corrected chi connectivity index (χ2v) is 11.3. The number of hydrogen-bond acceptors (Lipinski definition) is 6. The van der Waals surface area contributed by atoms with Gasteiger partial charge >= 0.3 is 0 Å². The number of pyridine rings is 1. The molecule has 0 spiro atoms. The largest absolute Gasteiger partial charge is 0.491 e. The predicted octanol–water partition coefficient (Wildman–Crippen LogP) is 3.83. The minimum atomic E-state index is -1.35. The molecule has 0 aliphatic carbocycles. The number of carbonyl (C=O) groups excluding carboxylic acids is 1. The van der Waals surface area contributed by atoms with Crippen molar-refractivity contribution in [3.05, 3.63) is 47.8 Å². The van der Waals surface area contributed by atoms with Crippen LogP contribution in [0, 0.1) is 19.8 Å². The van der Waals surface area contributed by atoms with Gasteiger partial charge in [0, 0.05) is 71.9 Å². The molecule has 37 heavy (non-hydrogen) atoms. The molecule has 0 radical (unpaired) electrons. The topological polar surface area (TPSA) is 75.2 Å². The SMILES string of the molecule is COCCOc1cc(C)c(S(=O)N(C)CCC(=O)N(C)CCC2CCN(c3ccncc3)CC2)c(C)c1. The number of nitrogens with zero attached hydrogens (tertiary/aromatic N) is 4. The van der Waals surface area contributed by atoms with Crippen molar-refractivity contribution in [2.45, 2.75) is 44.4 Å². The maximum Gasteiger partial charge on any atom is 0.223 e. The Morgan fingerprint density at radius 2 is 1.73 bits per heavy atom. The van der Waals surface area contributed by atoms with E-state index in [1.54, 1.807) is 11.4 Å². The smallest absolute Gasteiger partial charge is 0.223 e. The molecule has 1 aromatic heterocycles. The number of carbonyl (C=O) groups is 1. The number of methoxy groups -OCH3 is 1. The second-order valence-electron chi connectivity index (χ2n) is 9.82. The van der Waals surface area contributed by atoms with Gasteiger partial charge < -0.3 is 19.3 Å². The maximum absolute atomic E-state index is 13.2. The first kappa shape index (κ1) is 29.1. The van der Waals surface area contributed by atoms with Crippen LogP contribution in [-0.4, -0.2) is 84.9 Å². The molecule has 9 heteroatoms. The average molecular weight is 531 g/mol. The van der Waals surface area contributed by atoms with Crippen LogP contribution in [-0.2, 0) is 20.5 Å². The monoisotopic (exact) mass is 530 g/mol. The van der Waals surface area contributed by atoms with Crippen molar-refractivity contribution in [2.24, 2.45) is 5.92 Å². The van der Waals surface area contributed by atoms with Crippen molar-refractivity contribution in [2.75, 3.05) is 65.5 Å². The molecule has 1 aliphatic heterocycles. The highest BCUT2D eigenvalue weighted by molar-refractivity contribution is 7.82. The van der Waals surface area contributed by atoms with Crippen LogP contribution < -0.4 is 9.64 Å². The highest BCUT2D eigenvalue weighted by atomic mass is 32.2. The number of rotatable bonds is 13. The van der Waals surface area contributed by atoms with Gasteiger partial charge in [0.05, 0.1) is 11.5 Å². The zero-order valence-electron chi connectivity index (χ0n) is 22.9. The Morgan fingerprint density at radius 1 is 1.08 bits per heavy atom. The third-order valence-electron chi connectivity index (χ3n) is 7.03. The van der Waals surface area contributed by atoms with Gasteiger partial charge in [0.2, 0.25) is 5.91 Å². The van der Waals surface area contributed by atoms with E-state index < -0.39 is 11.0 Å². The molecule has 204 valence electrons. The summed E-state index contributed by atoms with van der Waals surface area (Å²) >= 11 is 0. The van der Waals surface area contributed by atoms with Crippen LogP contribution in [0.2, 0.25) is 0 Å². The van der Waals surface area contributed by atoms with Gasteiger partial charge in [0.25, 0.3) is 0 Å². The lowest BCUT2D eigenvalue weighted by atomic mass is 9.93. The first-order valence-corrected chi connectivity index (χ1v) is 14.2. The van der Waals surface area contributed by atoms with E-state index in [-0.39, 0.29) is 5.91 Å². The summed E-state index contributed by atoms with van der Waals surface area (Å²) in [5.74, 6) is 1.47. The number of piperidine rings is 1. The van der Waals surface area contributed by atoms with Crippen molar-refractivity contribution in [3.8, 4) is 5.75 Å². The van der Waals surface area contributed by atoms with Gasteiger partial charge in [-0.2, -0.15) is 0 Å². The minimum absolute atomic E-state index is 0.0911. The Balaban J connectivity index is 1.41. The van der Waals surface area contributed by atoms with E-state index in [1.807, 2.05) is 57.4 Å². The summed E-state index contributed by atoms with van der Waals surface area (Å²) in [6, 6.07) is 7.94. The Kier molecular flexibility index (Phi) is 11.4. The predicted molar refractivity (Wildman–Crippen MR) is 148 cm³/mol. The summed E-state index contributed by atoms with van der Waals surface area (Å²) in [6.07, 6.45) is 7.32. The summed E-state index contributed by atoms with van der Waals surface area (Å²) in [5, 5.41) is 0. The van der Waals surface area contributed by atoms with Crippen molar-refractivity contribution < 1.29 is 18.5 Å². The van der Waals surface area contributed by atoms with Crippen LogP contribution in [0.25, 0.3) is 0 Å². The molecule has 3 rings (SSSR count). The molecule has 1 aliphatic rings. The zero-order valence-corrected chi connectivity index (χ0v) is 23.8. The summed E-state index contributed by atoms with van der Waals surface area (Å²) in [4.78, 5) is 21.9. The van der Waals surface area contributed by atoms with Gasteiger partial charge in [0.15, 0.2) is 0 Å². The van der Waals surface area contributed by atoms with Crippen LogP contribution >= 0.6 is 0 Å². The normalized spacial score (nSPS) is 15.1. The van der Waals surface area contributed by atoms with Crippen LogP contribution in [0.5, 0.6) is 5.75 Å². The van der Waals surface area contributed by atoms with Crippen LogP contribution in [0.3, 0.4) is 0 Å². The standard InChI is InChI=1S/C28H42N4O4S/c1-22-20-26(36-19-18-35-5)21-23(2)28(22)37(34)31(4)15-11-27(33)30(3)14-8-24-9-16-32(17-10-24)25-6-12-29-13-7-25/h6-7,12-13,20-21,24H,8-11,14-19H2,1-5H3. The Bertz CT molecular complexity index is 1010. The molecule has 8 nitrogen and oxygen atoms in total. The zero-order chi connectivity index (χ0) is 26.8. The summed E-state index contributed by atoms with van der Waals surface area (Å²) in [6.45, 7) is 8.15. The molecule has 2 heterocycles. The lowest BCUT2D eigenvalue weighted by molar-refractivity contribution is -0.130. The van der Waals surface area contributed by atoms with Gasteiger partial charge in [-0.1, -0.05) is 0 Å². The number of ether oxygens (including phenoxy) is 2. The first-order valence-electron chi connectivity index (χ1n) is 13.0. The third-order valence-corrected chi connectivity index (χ3v) is 8.77. The summed E-state index contributed by atoms with van der Waals surface area (Å²) in [5.41, 5.74) is 3.06. The molecule has 1 aromatic carbocycles. The third kappa shape index (κ3) is 8.51. The van der Waals surface area contributed by atoms with Crippen LogP contribution in [0.4, 0.5) is 5.69 Å². The fourth-order valence-electron chi connectivity index (χ4n) is 4.73. The molecule has 1 fully saturated rings. The van der Waals surface area contributed by atoms with Gasteiger partial charge in [-0.25, -0.2) is 8.51 Å². The first-order chi connectivity index (χ1) is 17.8. The highest BCUT2D eigenvalue weighted by Crippen LogP contribution is 2.27. The van der Waals surface area contributed by atoms with Gasteiger partial charge in [0.1, 0.15) is 23.3 Å². The number of hydrogen-bond donors (Lipinski definition) is 0. The summed E-state index contributed by atoms with van der Waals surface area (Å²) in [7, 11) is 3.97. The van der Waals surface area contributed by atoms with E-state index in [1.165, 1.54) is 5.69 Å². The molecule has 1 unspecified atom stereocenters. The molecular formula is C28H42N4O4S. The molecule has 0 bridgehead atoms. The highest BCUT2D eigenvalue weighted by Gasteiger charge is 2.22. The molecule has 2 aromatic rings. The van der Waals surface area contributed by atoms with E-state index in [2.05, 4.69) is 22.0 Å². The molecular weight excluding hydrogens is 488 g/mol. The number of benzene rings is 1. The van der Waals surface area contributed by atoms with Gasteiger partial charge in [-0.3, -0.25) is 9.78 Å². The van der Waals surface area contributed by atoms with Crippen LogP contribution in [0.1, 0.15) is 36.8 Å². The Hall–Kier alpha value is -2.49. The number of aryl methyl sites for hydroxylation is 2. The Labute approximate surface area is 224 Å². The second kappa shape index (κ2) is 14.4. The van der Waals surface area contributed by atoms with Crippen molar-refractivity contribution in [1.29, 1.82) is 0 Å².